The molecular formula is C15H24N4. The van der Waals surface area contributed by atoms with Crippen LogP contribution in [0.4, 0.5) is 11.6 Å². The van der Waals surface area contributed by atoms with Crippen molar-refractivity contribution < 1.29 is 0 Å². The fraction of sp³-hybridized carbons (Fsp3) is 0.733. The molecule has 0 saturated heterocycles. The van der Waals surface area contributed by atoms with Crippen molar-refractivity contribution in [3.05, 3.63) is 11.9 Å². The van der Waals surface area contributed by atoms with Gasteiger partial charge in [0.2, 0.25) is 0 Å². The summed E-state index contributed by atoms with van der Waals surface area (Å²) in [7, 11) is 1.94. The van der Waals surface area contributed by atoms with Crippen molar-refractivity contribution in [2.75, 3.05) is 23.8 Å². The van der Waals surface area contributed by atoms with Gasteiger partial charge in [-0.05, 0) is 31.6 Å². The molecule has 2 aliphatic rings. The highest BCUT2D eigenvalue weighted by molar-refractivity contribution is 5.51. The summed E-state index contributed by atoms with van der Waals surface area (Å²) >= 11 is 0. The smallest absolute Gasteiger partial charge is 0.136 e. The SMILES string of the molecule is CNc1cc(N(CC(C)C)C2CC2)nc(C2CC2)n1. The second-order valence-electron chi connectivity index (χ2n) is 6.27. The van der Waals surface area contributed by atoms with Crippen LogP contribution in [0, 0.1) is 5.92 Å². The van der Waals surface area contributed by atoms with Crippen LogP contribution in [0.15, 0.2) is 6.07 Å². The Morgan fingerprint density at radius 2 is 2.00 bits per heavy atom. The van der Waals surface area contributed by atoms with Crippen LogP contribution < -0.4 is 10.2 Å². The Bertz CT molecular complexity index is 449. The van der Waals surface area contributed by atoms with Gasteiger partial charge in [-0.1, -0.05) is 13.8 Å². The summed E-state index contributed by atoms with van der Waals surface area (Å²) in [6.07, 6.45) is 5.12. The van der Waals surface area contributed by atoms with Gasteiger partial charge in [0.25, 0.3) is 0 Å². The molecule has 2 aliphatic carbocycles. The van der Waals surface area contributed by atoms with Gasteiger partial charge in [0.05, 0.1) is 0 Å². The van der Waals surface area contributed by atoms with E-state index in [9.17, 15) is 0 Å². The number of nitrogens with one attached hydrogen (secondary N) is 1. The predicted molar refractivity (Wildman–Crippen MR) is 78.8 cm³/mol. The van der Waals surface area contributed by atoms with E-state index in [0.29, 0.717) is 17.9 Å². The number of hydrogen-bond donors (Lipinski definition) is 1. The zero-order chi connectivity index (χ0) is 13.4. The molecule has 0 bridgehead atoms. The van der Waals surface area contributed by atoms with Crippen LogP contribution in [0.1, 0.15) is 51.3 Å². The summed E-state index contributed by atoms with van der Waals surface area (Å²) < 4.78 is 0. The summed E-state index contributed by atoms with van der Waals surface area (Å²) in [5.74, 6) is 4.39. The molecule has 1 aromatic rings. The van der Waals surface area contributed by atoms with Crippen LogP contribution in [0.3, 0.4) is 0 Å². The first-order chi connectivity index (χ1) is 9.17. The number of anilines is 2. The Balaban J connectivity index is 1.89. The molecule has 0 aromatic carbocycles. The first-order valence-corrected chi connectivity index (χ1v) is 7.50. The zero-order valence-electron chi connectivity index (χ0n) is 12.2. The van der Waals surface area contributed by atoms with E-state index in [1.807, 2.05) is 7.05 Å². The van der Waals surface area contributed by atoms with Gasteiger partial charge >= 0.3 is 0 Å². The van der Waals surface area contributed by atoms with E-state index in [2.05, 4.69) is 35.1 Å². The predicted octanol–water partition coefficient (Wildman–Crippen LogP) is 3.02. The maximum absolute atomic E-state index is 4.83. The number of rotatable bonds is 6. The summed E-state index contributed by atoms with van der Waals surface area (Å²) in [4.78, 5) is 11.9. The van der Waals surface area contributed by atoms with E-state index in [1.54, 1.807) is 0 Å². The average molecular weight is 260 g/mol. The van der Waals surface area contributed by atoms with E-state index >= 15 is 0 Å². The van der Waals surface area contributed by atoms with E-state index in [4.69, 9.17) is 4.98 Å². The van der Waals surface area contributed by atoms with E-state index in [1.165, 1.54) is 25.7 Å². The normalized spacial score (nSPS) is 18.7. The topological polar surface area (TPSA) is 41.0 Å². The summed E-state index contributed by atoms with van der Waals surface area (Å²) in [6.45, 7) is 5.64. The van der Waals surface area contributed by atoms with Crippen LogP contribution in [0.5, 0.6) is 0 Å². The quantitative estimate of drug-likeness (QED) is 0.853. The molecule has 0 atom stereocenters. The van der Waals surface area contributed by atoms with Crippen molar-refractivity contribution in [3.8, 4) is 0 Å². The standard InChI is InChI=1S/C15H24N4/c1-10(2)9-19(12-6-7-12)14-8-13(16-3)17-15(18-14)11-4-5-11/h8,10-12H,4-7,9H2,1-3H3,(H,16,17,18). The third kappa shape index (κ3) is 2.99. The Hall–Kier alpha value is -1.32. The molecule has 0 unspecified atom stereocenters. The van der Waals surface area contributed by atoms with E-state index in [0.717, 1.165) is 24.0 Å². The van der Waals surface area contributed by atoms with Gasteiger partial charge in [0.1, 0.15) is 17.5 Å². The van der Waals surface area contributed by atoms with Gasteiger partial charge in [-0.15, -0.1) is 0 Å². The lowest BCUT2D eigenvalue weighted by molar-refractivity contribution is 0.601. The summed E-state index contributed by atoms with van der Waals surface area (Å²) in [5, 5.41) is 3.18. The van der Waals surface area contributed by atoms with Crippen molar-refractivity contribution in [2.45, 2.75) is 51.5 Å². The van der Waals surface area contributed by atoms with Crippen molar-refractivity contribution in [3.63, 3.8) is 0 Å². The van der Waals surface area contributed by atoms with Gasteiger partial charge < -0.3 is 10.2 Å². The Labute approximate surface area is 115 Å². The lowest BCUT2D eigenvalue weighted by atomic mass is 10.2. The first-order valence-electron chi connectivity index (χ1n) is 7.50. The maximum Gasteiger partial charge on any atom is 0.136 e. The molecule has 0 radical (unpaired) electrons. The molecule has 1 N–H and O–H groups in total. The lowest BCUT2D eigenvalue weighted by Crippen LogP contribution is -2.31. The molecule has 2 fully saturated rings. The molecular weight excluding hydrogens is 236 g/mol. The van der Waals surface area contributed by atoms with Crippen molar-refractivity contribution >= 4 is 11.6 Å². The number of hydrogen-bond acceptors (Lipinski definition) is 4. The second kappa shape index (κ2) is 4.99. The van der Waals surface area contributed by atoms with Gasteiger partial charge in [-0.3, -0.25) is 0 Å². The summed E-state index contributed by atoms with van der Waals surface area (Å²) in [6, 6.07) is 2.81. The lowest BCUT2D eigenvalue weighted by Gasteiger charge is -2.26. The highest BCUT2D eigenvalue weighted by Crippen LogP contribution is 2.40. The number of nitrogens with zero attached hydrogens (tertiary/aromatic N) is 3. The van der Waals surface area contributed by atoms with Gasteiger partial charge in [-0.25, -0.2) is 9.97 Å². The molecule has 0 aliphatic heterocycles. The Morgan fingerprint density at radius 1 is 1.26 bits per heavy atom. The van der Waals surface area contributed by atoms with Crippen LogP contribution in [-0.2, 0) is 0 Å². The summed E-state index contributed by atoms with van der Waals surface area (Å²) in [5.41, 5.74) is 0. The molecule has 2 saturated carbocycles. The highest BCUT2D eigenvalue weighted by Gasteiger charge is 2.32. The zero-order valence-corrected chi connectivity index (χ0v) is 12.2. The van der Waals surface area contributed by atoms with Crippen LogP contribution in [-0.4, -0.2) is 29.6 Å². The average Bonchev–Trinajstić information content (AvgIpc) is 3.28. The Kier molecular flexibility index (Phi) is 3.33. The fourth-order valence-electron chi connectivity index (χ4n) is 2.46. The minimum atomic E-state index is 0.604. The molecule has 3 rings (SSSR count). The molecule has 19 heavy (non-hydrogen) atoms. The van der Waals surface area contributed by atoms with Crippen LogP contribution in [0.25, 0.3) is 0 Å². The Morgan fingerprint density at radius 3 is 2.53 bits per heavy atom. The third-order valence-corrected chi connectivity index (χ3v) is 3.77. The molecule has 104 valence electrons. The third-order valence-electron chi connectivity index (χ3n) is 3.77. The van der Waals surface area contributed by atoms with Crippen LogP contribution in [0.2, 0.25) is 0 Å². The molecule has 1 aromatic heterocycles. The van der Waals surface area contributed by atoms with Crippen LogP contribution >= 0.6 is 0 Å². The number of aromatic nitrogens is 2. The molecule has 4 nitrogen and oxygen atoms in total. The molecule has 0 amide bonds. The molecule has 0 spiro atoms. The van der Waals surface area contributed by atoms with Crippen molar-refractivity contribution in [1.29, 1.82) is 0 Å². The van der Waals surface area contributed by atoms with Gasteiger partial charge in [0.15, 0.2) is 0 Å². The van der Waals surface area contributed by atoms with Gasteiger partial charge in [0, 0.05) is 31.6 Å². The van der Waals surface area contributed by atoms with E-state index in [-0.39, 0.29) is 0 Å². The first kappa shape index (κ1) is 12.7. The minimum Gasteiger partial charge on any atom is -0.373 e. The maximum atomic E-state index is 4.83. The van der Waals surface area contributed by atoms with Crippen molar-refractivity contribution in [1.82, 2.24) is 9.97 Å². The van der Waals surface area contributed by atoms with Gasteiger partial charge in [-0.2, -0.15) is 0 Å². The fourth-order valence-corrected chi connectivity index (χ4v) is 2.46. The highest BCUT2D eigenvalue weighted by atomic mass is 15.2. The minimum absolute atomic E-state index is 0.604. The monoisotopic (exact) mass is 260 g/mol. The second-order valence-corrected chi connectivity index (χ2v) is 6.27. The van der Waals surface area contributed by atoms with Crippen molar-refractivity contribution in [2.24, 2.45) is 5.92 Å². The van der Waals surface area contributed by atoms with E-state index < -0.39 is 0 Å². The molecule has 1 heterocycles. The largest absolute Gasteiger partial charge is 0.373 e. The molecule has 4 heteroatoms.